The van der Waals surface area contributed by atoms with E-state index in [0.29, 0.717) is 6.61 Å². The van der Waals surface area contributed by atoms with Crippen molar-refractivity contribution in [2.75, 3.05) is 7.11 Å². The van der Waals surface area contributed by atoms with Crippen LogP contribution in [-0.4, -0.2) is 17.1 Å². The first-order valence-electron chi connectivity index (χ1n) is 8.42. The lowest BCUT2D eigenvalue weighted by atomic mass is 10.2. The summed E-state index contributed by atoms with van der Waals surface area (Å²) in [5, 5.41) is 0. The van der Waals surface area contributed by atoms with Crippen LogP contribution in [-0.2, 0) is 6.61 Å². The lowest BCUT2D eigenvalue weighted by Gasteiger charge is -2.08. The summed E-state index contributed by atoms with van der Waals surface area (Å²) in [4.78, 5) is 9.25. The molecule has 0 aliphatic carbocycles. The van der Waals surface area contributed by atoms with Gasteiger partial charge in [-0.05, 0) is 48.0 Å². The summed E-state index contributed by atoms with van der Waals surface area (Å²) < 4.78 is 16.7. The number of methoxy groups -OCH3 is 1. The van der Waals surface area contributed by atoms with Crippen molar-refractivity contribution in [3.8, 4) is 23.0 Å². The van der Waals surface area contributed by atoms with Crippen molar-refractivity contribution in [2.45, 2.75) is 16.4 Å². The number of furan rings is 1. The first kappa shape index (κ1) is 17.3. The molecule has 0 fully saturated rings. The van der Waals surface area contributed by atoms with Crippen molar-refractivity contribution < 1.29 is 13.9 Å². The first-order valence-corrected chi connectivity index (χ1v) is 9.23. The number of benzene rings is 2. The summed E-state index contributed by atoms with van der Waals surface area (Å²) in [5.74, 6) is 2.44. The van der Waals surface area contributed by atoms with E-state index in [9.17, 15) is 0 Å². The third-order valence-electron chi connectivity index (χ3n) is 3.96. The molecule has 2 heterocycles. The van der Waals surface area contributed by atoms with E-state index in [0.717, 1.165) is 38.3 Å². The number of H-pyrrole nitrogens is 1. The standard InChI is InChI=1S/C21H18N2O3S/c1-24-17-4-2-3-15(11-17)13-26-16-5-7-18(8-6-16)27-20-9-10-25-21(20)19-12-22-14-23-19/h2-12,14H,13H2,1H3,(H,22,23). The van der Waals surface area contributed by atoms with Gasteiger partial charge in [-0.25, -0.2) is 4.98 Å². The van der Waals surface area contributed by atoms with E-state index in [1.807, 2.05) is 54.6 Å². The van der Waals surface area contributed by atoms with Gasteiger partial charge < -0.3 is 18.9 Å². The number of aromatic nitrogens is 2. The molecule has 27 heavy (non-hydrogen) atoms. The number of nitrogens with one attached hydrogen (secondary N) is 1. The van der Waals surface area contributed by atoms with Gasteiger partial charge in [-0.2, -0.15) is 0 Å². The number of nitrogens with zero attached hydrogens (tertiary/aromatic N) is 1. The Kier molecular flexibility index (Phi) is 5.16. The summed E-state index contributed by atoms with van der Waals surface area (Å²) in [6.45, 7) is 0.495. The van der Waals surface area contributed by atoms with Crippen molar-refractivity contribution in [1.29, 1.82) is 0 Å². The zero-order valence-corrected chi connectivity index (χ0v) is 15.5. The number of hydrogen-bond acceptors (Lipinski definition) is 5. The lowest BCUT2D eigenvalue weighted by Crippen LogP contribution is -1.95. The van der Waals surface area contributed by atoms with Crippen LogP contribution in [0.5, 0.6) is 11.5 Å². The molecule has 0 saturated carbocycles. The van der Waals surface area contributed by atoms with Gasteiger partial charge in [-0.1, -0.05) is 23.9 Å². The van der Waals surface area contributed by atoms with Gasteiger partial charge in [-0.15, -0.1) is 0 Å². The Balaban J connectivity index is 1.40. The quantitative estimate of drug-likeness (QED) is 0.466. The molecule has 2 aromatic heterocycles. The molecule has 2 aromatic carbocycles. The SMILES string of the molecule is COc1cccc(COc2ccc(Sc3ccoc3-c3cnc[nH]3)cc2)c1. The number of imidazole rings is 1. The van der Waals surface area contributed by atoms with Crippen LogP contribution in [0.1, 0.15) is 5.56 Å². The monoisotopic (exact) mass is 378 g/mol. The first-order chi connectivity index (χ1) is 13.3. The number of ether oxygens (including phenoxy) is 2. The molecular formula is C21H18N2O3S. The summed E-state index contributed by atoms with van der Waals surface area (Å²) in [7, 11) is 1.66. The topological polar surface area (TPSA) is 60.3 Å². The molecule has 4 aromatic rings. The fourth-order valence-corrected chi connectivity index (χ4v) is 3.51. The highest BCUT2D eigenvalue weighted by atomic mass is 32.2. The minimum absolute atomic E-state index is 0.495. The Labute approximate surface area is 161 Å². The summed E-state index contributed by atoms with van der Waals surface area (Å²) in [6.07, 6.45) is 5.07. The zero-order valence-electron chi connectivity index (χ0n) is 14.7. The van der Waals surface area contributed by atoms with Crippen molar-refractivity contribution in [3.05, 3.63) is 78.9 Å². The average molecular weight is 378 g/mol. The third-order valence-corrected chi connectivity index (χ3v) is 5.01. The molecule has 0 atom stereocenters. The predicted molar refractivity (Wildman–Crippen MR) is 104 cm³/mol. The van der Waals surface area contributed by atoms with Gasteiger partial charge in [0.1, 0.15) is 23.8 Å². The van der Waals surface area contributed by atoms with Gasteiger partial charge in [0.25, 0.3) is 0 Å². The highest BCUT2D eigenvalue weighted by molar-refractivity contribution is 7.99. The van der Waals surface area contributed by atoms with Crippen molar-refractivity contribution in [1.82, 2.24) is 9.97 Å². The van der Waals surface area contributed by atoms with E-state index in [2.05, 4.69) is 9.97 Å². The van der Waals surface area contributed by atoms with Crippen molar-refractivity contribution in [2.24, 2.45) is 0 Å². The Morgan fingerprint density at radius 1 is 1.07 bits per heavy atom. The highest BCUT2D eigenvalue weighted by Crippen LogP contribution is 2.36. The van der Waals surface area contributed by atoms with Gasteiger partial charge >= 0.3 is 0 Å². The maximum Gasteiger partial charge on any atom is 0.165 e. The maximum atomic E-state index is 5.87. The Bertz CT molecular complexity index is 994. The Hall–Kier alpha value is -3.12. The summed E-state index contributed by atoms with van der Waals surface area (Å²) in [5.41, 5.74) is 1.93. The van der Waals surface area contributed by atoms with Gasteiger partial charge in [0, 0.05) is 4.90 Å². The molecule has 0 radical (unpaired) electrons. The molecule has 5 nitrogen and oxygen atoms in total. The second kappa shape index (κ2) is 8.05. The van der Waals surface area contributed by atoms with Gasteiger partial charge in [0.15, 0.2) is 5.76 Å². The van der Waals surface area contributed by atoms with Crippen LogP contribution >= 0.6 is 11.8 Å². The largest absolute Gasteiger partial charge is 0.497 e. The Morgan fingerprint density at radius 2 is 1.96 bits per heavy atom. The van der Waals surface area contributed by atoms with Crippen LogP contribution in [0.25, 0.3) is 11.5 Å². The molecule has 0 unspecified atom stereocenters. The summed E-state index contributed by atoms with van der Waals surface area (Å²) >= 11 is 1.63. The van der Waals surface area contributed by atoms with Crippen LogP contribution in [0, 0.1) is 0 Å². The smallest absolute Gasteiger partial charge is 0.165 e. The molecular weight excluding hydrogens is 360 g/mol. The fourth-order valence-electron chi connectivity index (χ4n) is 2.61. The molecule has 0 aliphatic rings. The van der Waals surface area contributed by atoms with E-state index in [1.54, 1.807) is 37.7 Å². The highest BCUT2D eigenvalue weighted by Gasteiger charge is 2.11. The normalized spacial score (nSPS) is 10.7. The number of aromatic amines is 1. The molecule has 136 valence electrons. The molecule has 4 rings (SSSR count). The summed E-state index contributed by atoms with van der Waals surface area (Å²) in [6, 6.07) is 17.8. The van der Waals surface area contributed by atoms with Crippen LogP contribution < -0.4 is 9.47 Å². The van der Waals surface area contributed by atoms with Gasteiger partial charge in [0.05, 0.1) is 30.8 Å². The van der Waals surface area contributed by atoms with E-state index in [-0.39, 0.29) is 0 Å². The molecule has 0 amide bonds. The van der Waals surface area contributed by atoms with Crippen LogP contribution in [0.3, 0.4) is 0 Å². The lowest BCUT2D eigenvalue weighted by molar-refractivity contribution is 0.305. The van der Waals surface area contributed by atoms with Crippen LogP contribution in [0.2, 0.25) is 0 Å². The van der Waals surface area contributed by atoms with E-state index in [4.69, 9.17) is 13.9 Å². The number of hydrogen-bond donors (Lipinski definition) is 1. The molecule has 0 spiro atoms. The van der Waals surface area contributed by atoms with Crippen molar-refractivity contribution >= 4 is 11.8 Å². The van der Waals surface area contributed by atoms with Gasteiger partial charge in [0.2, 0.25) is 0 Å². The van der Waals surface area contributed by atoms with E-state index in [1.165, 1.54) is 0 Å². The van der Waals surface area contributed by atoms with Crippen LogP contribution in [0.15, 0.2) is 87.6 Å². The molecule has 6 heteroatoms. The molecule has 0 saturated heterocycles. The minimum atomic E-state index is 0.495. The van der Waals surface area contributed by atoms with E-state index >= 15 is 0 Å². The fraction of sp³-hybridized carbons (Fsp3) is 0.0952. The molecule has 1 N–H and O–H groups in total. The third kappa shape index (κ3) is 4.17. The minimum Gasteiger partial charge on any atom is -0.497 e. The second-order valence-electron chi connectivity index (χ2n) is 5.79. The number of rotatable bonds is 7. The molecule has 0 aliphatic heterocycles. The van der Waals surface area contributed by atoms with Gasteiger partial charge in [-0.3, -0.25) is 0 Å². The Morgan fingerprint density at radius 3 is 2.74 bits per heavy atom. The maximum absolute atomic E-state index is 5.87. The van der Waals surface area contributed by atoms with Crippen molar-refractivity contribution in [3.63, 3.8) is 0 Å². The molecule has 0 bridgehead atoms. The second-order valence-corrected chi connectivity index (χ2v) is 6.91. The average Bonchev–Trinajstić information content (AvgIpc) is 3.39. The van der Waals surface area contributed by atoms with E-state index < -0.39 is 0 Å². The predicted octanol–water partition coefficient (Wildman–Crippen LogP) is 5.41. The zero-order chi connectivity index (χ0) is 18.5. The van der Waals surface area contributed by atoms with Crippen LogP contribution in [0.4, 0.5) is 0 Å².